The number of urea groups is 1. The molecule has 3 rings (SSSR count). The molecular weight excluding hydrogens is 306 g/mol. The highest BCUT2D eigenvalue weighted by Crippen LogP contribution is 2.27. The van der Waals surface area contributed by atoms with Crippen molar-refractivity contribution in [3.63, 3.8) is 0 Å². The summed E-state index contributed by atoms with van der Waals surface area (Å²) in [5.41, 5.74) is 0.670. The molecule has 0 saturated carbocycles. The van der Waals surface area contributed by atoms with E-state index < -0.39 is 0 Å². The molecule has 2 aromatic rings. The van der Waals surface area contributed by atoms with E-state index in [1.165, 1.54) is 0 Å². The lowest BCUT2D eigenvalue weighted by Gasteiger charge is -2.32. The second-order valence-corrected chi connectivity index (χ2v) is 5.88. The minimum Gasteiger partial charge on any atom is -0.497 e. The Kier molecular flexibility index (Phi) is 4.93. The number of nitrogens with zero attached hydrogens (tertiary/aromatic N) is 2. The monoisotopic (exact) mass is 329 g/mol. The van der Waals surface area contributed by atoms with E-state index >= 15 is 0 Å². The Bertz CT molecular complexity index is 655. The number of hydrogen-bond donors (Lipinski definition) is 1. The maximum Gasteiger partial charge on any atom is 0.321 e. The van der Waals surface area contributed by atoms with Crippen molar-refractivity contribution < 1.29 is 14.3 Å². The van der Waals surface area contributed by atoms with Crippen LogP contribution < -0.4 is 14.8 Å². The molecule has 0 radical (unpaired) electrons. The number of anilines is 1. The van der Waals surface area contributed by atoms with Gasteiger partial charge in [-0.1, -0.05) is 0 Å². The molecule has 1 aromatic heterocycles. The van der Waals surface area contributed by atoms with Gasteiger partial charge in [-0.05, 0) is 25.0 Å². The highest BCUT2D eigenvalue weighted by Gasteiger charge is 2.23. The molecule has 6 nitrogen and oxygen atoms in total. The lowest BCUT2D eigenvalue weighted by Crippen LogP contribution is -2.41. The average molecular weight is 329 g/mol. The average Bonchev–Trinajstić information content (AvgIpc) is 3.16. The van der Waals surface area contributed by atoms with Crippen molar-refractivity contribution in [1.82, 2.24) is 9.47 Å². The zero-order valence-electron chi connectivity index (χ0n) is 14.1. The van der Waals surface area contributed by atoms with Crippen LogP contribution in [0.2, 0.25) is 0 Å². The zero-order valence-corrected chi connectivity index (χ0v) is 14.1. The van der Waals surface area contributed by atoms with Crippen LogP contribution in [0.4, 0.5) is 10.5 Å². The second-order valence-electron chi connectivity index (χ2n) is 5.88. The van der Waals surface area contributed by atoms with Crippen molar-refractivity contribution in [2.45, 2.75) is 18.9 Å². The number of carbonyl (C=O) groups excluding carboxylic acids is 1. The predicted molar refractivity (Wildman–Crippen MR) is 92.8 cm³/mol. The first-order valence-electron chi connectivity index (χ1n) is 8.11. The molecule has 2 heterocycles. The van der Waals surface area contributed by atoms with Crippen LogP contribution in [-0.2, 0) is 0 Å². The number of methoxy groups -OCH3 is 2. The quantitative estimate of drug-likeness (QED) is 0.935. The van der Waals surface area contributed by atoms with Gasteiger partial charge in [0.1, 0.15) is 11.5 Å². The van der Waals surface area contributed by atoms with Gasteiger partial charge in [-0.15, -0.1) is 0 Å². The first-order chi connectivity index (χ1) is 11.7. The van der Waals surface area contributed by atoms with Gasteiger partial charge >= 0.3 is 6.03 Å². The second kappa shape index (κ2) is 7.29. The maximum absolute atomic E-state index is 12.5. The van der Waals surface area contributed by atoms with E-state index in [2.05, 4.69) is 22.3 Å². The number of nitrogens with one attached hydrogen (secondary N) is 1. The maximum atomic E-state index is 12.5. The normalized spacial score (nSPS) is 15.2. The van der Waals surface area contributed by atoms with Crippen LogP contribution in [0.15, 0.2) is 42.7 Å². The van der Waals surface area contributed by atoms with Gasteiger partial charge in [-0.3, -0.25) is 0 Å². The third kappa shape index (κ3) is 3.64. The van der Waals surface area contributed by atoms with Crippen LogP contribution in [0, 0.1) is 0 Å². The summed E-state index contributed by atoms with van der Waals surface area (Å²) in [6.45, 7) is 1.49. The van der Waals surface area contributed by atoms with Gasteiger partial charge in [0.2, 0.25) is 0 Å². The van der Waals surface area contributed by atoms with Crippen molar-refractivity contribution in [3.8, 4) is 11.5 Å². The molecule has 1 fully saturated rings. The Labute approximate surface area is 142 Å². The van der Waals surface area contributed by atoms with Gasteiger partial charge in [0.25, 0.3) is 0 Å². The van der Waals surface area contributed by atoms with E-state index in [9.17, 15) is 4.79 Å². The fourth-order valence-electron chi connectivity index (χ4n) is 3.04. The lowest BCUT2D eigenvalue weighted by molar-refractivity contribution is 0.184. The Morgan fingerprint density at radius 3 is 2.17 bits per heavy atom. The summed E-state index contributed by atoms with van der Waals surface area (Å²) < 4.78 is 12.7. The Morgan fingerprint density at radius 2 is 1.62 bits per heavy atom. The summed E-state index contributed by atoms with van der Waals surface area (Å²) in [5, 5.41) is 2.93. The Hall–Kier alpha value is -2.63. The number of ether oxygens (including phenoxy) is 2. The van der Waals surface area contributed by atoms with Crippen LogP contribution in [0.3, 0.4) is 0 Å². The summed E-state index contributed by atoms with van der Waals surface area (Å²) in [6.07, 6.45) is 6.10. The molecule has 0 bridgehead atoms. The Morgan fingerprint density at radius 1 is 1.04 bits per heavy atom. The van der Waals surface area contributed by atoms with Gasteiger partial charge in [-0.25, -0.2) is 4.79 Å². The fraction of sp³-hybridized carbons (Fsp3) is 0.389. The molecule has 0 atom stereocenters. The molecule has 2 amide bonds. The molecule has 1 saturated heterocycles. The van der Waals surface area contributed by atoms with E-state index in [1.807, 2.05) is 17.0 Å². The summed E-state index contributed by atoms with van der Waals surface area (Å²) in [6, 6.07) is 9.81. The van der Waals surface area contributed by atoms with E-state index in [0.29, 0.717) is 23.2 Å². The molecule has 24 heavy (non-hydrogen) atoms. The molecule has 1 aliphatic heterocycles. The minimum atomic E-state index is -0.0868. The summed E-state index contributed by atoms with van der Waals surface area (Å²) in [4.78, 5) is 14.3. The lowest BCUT2D eigenvalue weighted by atomic mass is 10.1. The molecule has 1 aliphatic rings. The largest absolute Gasteiger partial charge is 0.497 e. The molecule has 6 heteroatoms. The van der Waals surface area contributed by atoms with Crippen molar-refractivity contribution >= 4 is 11.7 Å². The first kappa shape index (κ1) is 16.2. The van der Waals surface area contributed by atoms with Crippen LogP contribution in [0.25, 0.3) is 0 Å². The van der Waals surface area contributed by atoms with E-state index in [-0.39, 0.29) is 6.03 Å². The van der Waals surface area contributed by atoms with Crippen molar-refractivity contribution in [2.24, 2.45) is 0 Å². The van der Waals surface area contributed by atoms with E-state index in [0.717, 1.165) is 25.9 Å². The molecule has 128 valence electrons. The standard InChI is InChI=1S/C18H23N3O3/c1-23-16-11-14(12-17(13-16)24-2)19-18(22)21-9-5-15(6-10-21)20-7-3-4-8-20/h3-4,7-8,11-13,15H,5-6,9-10H2,1-2H3,(H,19,22). The van der Waals surface area contributed by atoms with Crippen LogP contribution >= 0.6 is 0 Å². The van der Waals surface area contributed by atoms with Gasteiger partial charge < -0.3 is 24.3 Å². The van der Waals surface area contributed by atoms with Gasteiger partial charge in [0, 0.05) is 55.4 Å². The number of rotatable bonds is 4. The third-order valence-corrected chi connectivity index (χ3v) is 4.40. The molecule has 0 spiro atoms. The highest BCUT2D eigenvalue weighted by atomic mass is 16.5. The van der Waals surface area contributed by atoms with Crippen molar-refractivity contribution in [3.05, 3.63) is 42.7 Å². The number of carbonyl (C=O) groups is 1. The number of likely N-dealkylation sites (tertiary alicyclic amines) is 1. The molecular formula is C18H23N3O3. The number of benzene rings is 1. The highest BCUT2D eigenvalue weighted by molar-refractivity contribution is 5.89. The number of aromatic nitrogens is 1. The summed E-state index contributed by atoms with van der Waals surface area (Å²) in [5.74, 6) is 1.30. The van der Waals surface area contributed by atoms with Crippen LogP contribution in [-0.4, -0.2) is 42.8 Å². The van der Waals surface area contributed by atoms with Crippen molar-refractivity contribution in [2.75, 3.05) is 32.6 Å². The Balaban J connectivity index is 1.60. The molecule has 1 N–H and O–H groups in total. The minimum absolute atomic E-state index is 0.0868. The van der Waals surface area contributed by atoms with E-state index in [4.69, 9.17) is 9.47 Å². The summed E-state index contributed by atoms with van der Waals surface area (Å²) >= 11 is 0. The van der Waals surface area contributed by atoms with Gasteiger partial charge in [-0.2, -0.15) is 0 Å². The molecule has 1 aromatic carbocycles. The molecule has 0 unspecified atom stereocenters. The number of hydrogen-bond acceptors (Lipinski definition) is 3. The predicted octanol–water partition coefficient (Wildman–Crippen LogP) is 3.37. The van der Waals surface area contributed by atoms with Gasteiger partial charge in [0.15, 0.2) is 0 Å². The number of amides is 2. The van der Waals surface area contributed by atoms with E-state index in [1.54, 1.807) is 32.4 Å². The topological polar surface area (TPSA) is 55.7 Å². The van der Waals surface area contributed by atoms with Crippen LogP contribution in [0.1, 0.15) is 18.9 Å². The zero-order chi connectivity index (χ0) is 16.9. The number of piperidine rings is 1. The van der Waals surface area contributed by atoms with Crippen LogP contribution in [0.5, 0.6) is 11.5 Å². The van der Waals surface area contributed by atoms with Crippen molar-refractivity contribution in [1.29, 1.82) is 0 Å². The smallest absolute Gasteiger partial charge is 0.321 e. The summed E-state index contributed by atoms with van der Waals surface area (Å²) in [7, 11) is 3.18. The van der Waals surface area contributed by atoms with Gasteiger partial charge in [0.05, 0.1) is 14.2 Å². The fourth-order valence-corrected chi connectivity index (χ4v) is 3.04. The molecule has 0 aliphatic carbocycles. The first-order valence-corrected chi connectivity index (χ1v) is 8.11. The SMILES string of the molecule is COc1cc(NC(=O)N2CCC(n3cccc3)CC2)cc(OC)c1. The third-order valence-electron chi connectivity index (χ3n) is 4.40.